The number of nitrogens with one attached hydrogen (secondary N) is 1. The topological polar surface area (TPSA) is 55.1 Å². The number of hydrogen-bond donors (Lipinski definition) is 2. The molecule has 0 aromatic heterocycles. The Hall–Kier alpha value is -1.84. The fourth-order valence-electron chi connectivity index (χ4n) is 2.78. The minimum Gasteiger partial charge on any atom is -0.353 e. The zero-order chi connectivity index (χ0) is 15.9. The summed E-state index contributed by atoms with van der Waals surface area (Å²) in [5, 5.41) is 3.09. The minimum absolute atomic E-state index is 0. The first-order valence-corrected chi connectivity index (χ1v) is 7.72. The molecule has 2 aromatic rings. The highest BCUT2D eigenvalue weighted by Crippen LogP contribution is 2.27. The molecule has 0 aliphatic carbocycles. The first-order chi connectivity index (χ1) is 10.6. The molecule has 0 radical (unpaired) electrons. The number of carbonyl (C=O) groups excluding carboxylic acids is 1. The average molecular weight is 333 g/mol. The summed E-state index contributed by atoms with van der Waals surface area (Å²) in [6, 6.07) is 20.4. The van der Waals surface area contributed by atoms with Crippen molar-refractivity contribution < 1.29 is 4.79 Å². The van der Waals surface area contributed by atoms with Gasteiger partial charge in [0, 0.05) is 24.4 Å². The minimum atomic E-state index is -0.126. The Morgan fingerprint density at radius 2 is 1.39 bits per heavy atom. The fourth-order valence-corrected chi connectivity index (χ4v) is 2.78. The van der Waals surface area contributed by atoms with Crippen LogP contribution in [0, 0.1) is 0 Å². The molecule has 2 rings (SSSR count). The smallest absolute Gasteiger partial charge is 0.221 e. The maximum absolute atomic E-state index is 12.0. The molecular weight excluding hydrogens is 308 g/mol. The van der Waals surface area contributed by atoms with E-state index in [-0.39, 0.29) is 36.3 Å². The van der Waals surface area contributed by atoms with Crippen LogP contribution < -0.4 is 11.1 Å². The second-order valence-corrected chi connectivity index (χ2v) is 5.84. The van der Waals surface area contributed by atoms with Crippen molar-refractivity contribution in [1.29, 1.82) is 0 Å². The van der Waals surface area contributed by atoms with Crippen molar-refractivity contribution in [2.75, 3.05) is 0 Å². The van der Waals surface area contributed by atoms with E-state index in [1.807, 2.05) is 50.2 Å². The molecule has 3 nitrogen and oxygen atoms in total. The third-order valence-corrected chi connectivity index (χ3v) is 3.71. The summed E-state index contributed by atoms with van der Waals surface area (Å²) in [5.41, 5.74) is 8.10. The van der Waals surface area contributed by atoms with Crippen LogP contribution in [-0.2, 0) is 4.79 Å². The second-order valence-electron chi connectivity index (χ2n) is 5.84. The monoisotopic (exact) mass is 332 g/mol. The maximum atomic E-state index is 12.0. The molecule has 0 saturated carbocycles. The van der Waals surface area contributed by atoms with Crippen LogP contribution in [0.4, 0.5) is 0 Å². The summed E-state index contributed by atoms with van der Waals surface area (Å²) in [4.78, 5) is 12.0. The summed E-state index contributed by atoms with van der Waals surface area (Å²) < 4.78 is 0. The molecule has 3 N–H and O–H groups in total. The van der Waals surface area contributed by atoms with Crippen molar-refractivity contribution in [2.24, 2.45) is 5.73 Å². The molecule has 4 heteroatoms. The van der Waals surface area contributed by atoms with Crippen LogP contribution in [0.15, 0.2) is 60.7 Å². The van der Waals surface area contributed by atoms with Crippen LogP contribution in [-0.4, -0.2) is 18.0 Å². The molecule has 2 atom stereocenters. The highest BCUT2D eigenvalue weighted by atomic mass is 35.5. The Balaban J connectivity index is 0.00000264. The van der Waals surface area contributed by atoms with E-state index in [0.717, 1.165) is 0 Å². The van der Waals surface area contributed by atoms with Gasteiger partial charge in [-0.2, -0.15) is 0 Å². The lowest BCUT2D eigenvalue weighted by Gasteiger charge is -2.26. The molecule has 0 fully saturated rings. The van der Waals surface area contributed by atoms with Gasteiger partial charge in [-0.25, -0.2) is 0 Å². The largest absolute Gasteiger partial charge is 0.353 e. The number of nitrogens with two attached hydrogens (primary N) is 1. The SMILES string of the molecule is CC(N)CC(=O)NC(C)C(c1ccccc1)c1ccccc1.Cl. The number of carbonyl (C=O) groups is 1. The number of rotatable bonds is 6. The van der Waals surface area contributed by atoms with E-state index in [1.54, 1.807) is 0 Å². The lowest BCUT2D eigenvalue weighted by Crippen LogP contribution is -2.39. The molecule has 0 saturated heterocycles. The zero-order valence-corrected chi connectivity index (χ0v) is 14.4. The van der Waals surface area contributed by atoms with Gasteiger partial charge in [0.25, 0.3) is 0 Å². The molecule has 2 unspecified atom stereocenters. The predicted molar refractivity (Wildman–Crippen MR) is 97.8 cm³/mol. The molecule has 0 aliphatic rings. The Labute approximate surface area is 144 Å². The quantitative estimate of drug-likeness (QED) is 0.850. The number of halogens is 1. The van der Waals surface area contributed by atoms with Gasteiger partial charge in [0.2, 0.25) is 5.91 Å². The van der Waals surface area contributed by atoms with Crippen LogP contribution in [0.1, 0.15) is 37.3 Å². The first kappa shape index (κ1) is 19.2. The second kappa shape index (κ2) is 9.33. The van der Waals surface area contributed by atoms with E-state index >= 15 is 0 Å². The number of amides is 1. The summed E-state index contributed by atoms with van der Waals surface area (Å²) in [6.07, 6.45) is 0.348. The standard InChI is InChI=1S/C19H24N2O.ClH/c1-14(20)13-18(22)21-15(2)19(16-9-5-3-6-10-16)17-11-7-4-8-12-17;/h3-12,14-15,19H,13,20H2,1-2H3,(H,21,22);1H. The van der Waals surface area contributed by atoms with Gasteiger partial charge in [0.15, 0.2) is 0 Å². The summed E-state index contributed by atoms with van der Waals surface area (Å²) >= 11 is 0. The normalized spacial score (nSPS) is 13.0. The van der Waals surface area contributed by atoms with Crippen LogP contribution >= 0.6 is 12.4 Å². The first-order valence-electron chi connectivity index (χ1n) is 7.72. The van der Waals surface area contributed by atoms with E-state index < -0.39 is 0 Å². The van der Waals surface area contributed by atoms with E-state index in [1.165, 1.54) is 11.1 Å². The van der Waals surface area contributed by atoms with Crippen LogP contribution in [0.2, 0.25) is 0 Å². The Kier molecular flexibility index (Phi) is 7.79. The lowest BCUT2D eigenvalue weighted by molar-refractivity contribution is -0.122. The van der Waals surface area contributed by atoms with Crippen molar-refractivity contribution in [1.82, 2.24) is 5.32 Å². The van der Waals surface area contributed by atoms with Gasteiger partial charge in [-0.05, 0) is 25.0 Å². The molecule has 1 amide bonds. The Morgan fingerprint density at radius 1 is 0.957 bits per heavy atom. The van der Waals surface area contributed by atoms with E-state index in [9.17, 15) is 4.79 Å². The molecule has 0 aliphatic heterocycles. The Bertz CT molecular complexity index is 547. The van der Waals surface area contributed by atoms with E-state index in [4.69, 9.17) is 5.73 Å². The van der Waals surface area contributed by atoms with Gasteiger partial charge in [0.05, 0.1) is 0 Å². The highest BCUT2D eigenvalue weighted by Gasteiger charge is 2.22. The Morgan fingerprint density at radius 3 is 1.78 bits per heavy atom. The maximum Gasteiger partial charge on any atom is 0.221 e. The predicted octanol–water partition coefficient (Wildman–Crippen LogP) is 3.48. The van der Waals surface area contributed by atoms with Crippen molar-refractivity contribution in [2.45, 2.75) is 38.3 Å². The molecular formula is C19H25ClN2O. The van der Waals surface area contributed by atoms with Crippen LogP contribution in [0.3, 0.4) is 0 Å². The fraction of sp³-hybridized carbons (Fsp3) is 0.316. The van der Waals surface area contributed by atoms with Crippen LogP contribution in [0.5, 0.6) is 0 Å². The summed E-state index contributed by atoms with van der Waals surface area (Å²) in [7, 11) is 0. The van der Waals surface area contributed by atoms with E-state index in [2.05, 4.69) is 29.6 Å². The molecule has 2 aromatic carbocycles. The van der Waals surface area contributed by atoms with Gasteiger partial charge in [-0.3, -0.25) is 4.79 Å². The number of benzene rings is 2. The van der Waals surface area contributed by atoms with E-state index in [0.29, 0.717) is 6.42 Å². The van der Waals surface area contributed by atoms with Gasteiger partial charge >= 0.3 is 0 Å². The van der Waals surface area contributed by atoms with Crippen molar-refractivity contribution in [3.05, 3.63) is 71.8 Å². The number of hydrogen-bond acceptors (Lipinski definition) is 2. The molecule has 23 heavy (non-hydrogen) atoms. The summed E-state index contributed by atoms with van der Waals surface area (Å²) in [6.45, 7) is 3.89. The van der Waals surface area contributed by atoms with Gasteiger partial charge < -0.3 is 11.1 Å². The van der Waals surface area contributed by atoms with Gasteiger partial charge in [-0.1, -0.05) is 60.7 Å². The third-order valence-electron chi connectivity index (χ3n) is 3.71. The van der Waals surface area contributed by atoms with Crippen LogP contribution in [0.25, 0.3) is 0 Å². The molecule has 0 spiro atoms. The van der Waals surface area contributed by atoms with Crippen molar-refractivity contribution in [3.63, 3.8) is 0 Å². The van der Waals surface area contributed by atoms with Gasteiger partial charge in [0.1, 0.15) is 0 Å². The third kappa shape index (κ3) is 5.70. The van der Waals surface area contributed by atoms with Gasteiger partial charge in [-0.15, -0.1) is 12.4 Å². The average Bonchev–Trinajstić information content (AvgIpc) is 2.48. The highest BCUT2D eigenvalue weighted by molar-refractivity contribution is 5.85. The zero-order valence-electron chi connectivity index (χ0n) is 13.6. The van der Waals surface area contributed by atoms with Crippen molar-refractivity contribution >= 4 is 18.3 Å². The molecule has 0 heterocycles. The lowest BCUT2D eigenvalue weighted by atomic mass is 9.85. The van der Waals surface area contributed by atoms with Crippen molar-refractivity contribution in [3.8, 4) is 0 Å². The molecule has 124 valence electrons. The molecule has 0 bridgehead atoms. The summed E-state index contributed by atoms with van der Waals surface area (Å²) in [5.74, 6) is 0.124.